The molecule has 1 amide bonds. The van der Waals surface area contributed by atoms with E-state index < -0.39 is 9.05 Å². The number of halogens is 1. The van der Waals surface area contributed by atoms with Crippen LogP contribution in [0.5, 0.6) is 5.75 Å². The van der Waals surface area contributed by atoms with Crippen molar-refractivity contribution in [1.29, 1.82) is 0 Å². The Bertz CT molecular complexity index is 601. The predicted octanol–water partition coefficient (Wildman–Crippen LogP) is 2.42. The topological polar surface area (TPSA) is 63.7 Å². The van der Waals surface area contributed by atoms with Crippen LogP contribution in [0.1, 0.15) is 25.8 Å². The molecule has 7 heteroatoms. The summed E-state index contributed by atoms with van der Waals surface area (Å²) in [5, 5.41) is 0. The molecule has 0 aliphatic carbocycles. The van der Waals surface area contributed by atoms with Crippen molar-refractivity contribution in [3.8, 4) is 5.75 Å². The molecule has 0 atom stereocenters. The number of rotatable bonds is 7. The third-order valence-corrected chi connectivity index (χ3v) is 4.45. The number of carbonyl (C=O) groups is 1. The minimum absolute atomic E-state index is 0.0358. The van der Waals surface area contributed by atoms with Crippen molar-refractivity contribution in [1.82, 2.24) is 4.90 Å². The van der Waals surface area contributed by atoms with Gasteiger partial charge in [-0.1, -0.05) is 6.92 Å². The maximum Gasteiger partial charge on any atom is 0.261 e. The Kier molecular flexibility index (Phi) is 6.48. The summed E-state index contributed by atoms with van der Waals surface area (Å²) in [5.41, 5.74) is 0.513. The average molecular weight is 334 g/mol. The summed E-state index contributed by atoms with van der Waals surface area (Å²) in [4.78, 5) is 13.9. The van der Waals surface area contributed by atoms with Crippen LogP contribution < -0.4 is 4.74 Å². The van der Waals surface area contributed by atoms with Gasteiger partial charge in [-0.2, -0.15) is 0 Å². The maximum atomic E-state index is 12.3. The lowest BCUT2D eigenvalue weighted by molar-refractivity contribution is -0.130. The third kappa shape index (κ3) is 4.89. The summed E-state index contributed by atoms with van der Waals surface area (Å²) in [7, 11) is 2.98. The monoisotopic (exact) mass is 333 g/mol. The Labute approximate surface area is 130 Å². The molecular weight excluding hydrogens is 314 g/mol. The van der Waals surface area contributed by atoms with Gasteiger partial charge in [0, 0.05) is 29.3 Å². The van der Waals surface area contributed by atoms with Crippen LogP contribution in [0, 0.1) is 0 Å². The normalized spacial score (nSPS) is 11.2. The molecule has 5 nitrogen and oxygen atoms in total. The first-order valence-corrected chi connectivity index (χ1v) is 9.03. The zero-order valence-electron chi connectivity index (χ0n) is 12.4. The molecule has 0 saturated heterocycles. The molecule has 1 aromatic carbocycles. The molecule has 1 rings (SSSR count). The highest BCUT2D eigenvalue weighted by Crippen LogP contribution is 2.25. The molecule has 0 aliphatic rings. The van der Waals surface area contributed by atoms with Crippen LogP contribution in [0.15, 0.2) is 23.1 Å². The van der Waals surface area contributed by atoms with Gasteiger partial charge in [-0.15, -0.1) is 0 Å². The molecule has 1 aromatic rings. The molecule has 0 heterocycles. The average Bonchev–Trinajstić information content (AvgIpc) is 2.43. The number of amides is 1. The number of ether oxygens (including phenoxy) is 1. The summed E-state index contributed by atoms with van der Waals surface area (Å²) in [6, 6.07) is 4.26. The molecule has 0 unspecified atom stereocenters. The molecule has 0 N–H and O–H groups in total. The van der Waals surface area contributed by atoms with Crippen molar-refractivity contribution in [3.63, 3.8) is 0 Å². The van der Waals surface area contributed by atoms with Gasteiger partial charge in [-0.25, -0.2) is 8.42 Å². The van der Waals surface area contributed by atoms with E-state index in [2.05, 4.69) is 0 Å². The second-order valence-corrected chi connectivity index (χ2v) is 7.13. The zero-order chi connectivity index (χ0) is 16.0. The fourth-order valence-corrected chi connectivity index (χ4v) is 2.85. The number of carbonyl (C=O) groups excluding carboxylic acids is 1. The molecule has 21 heavy (non-hydrogen) atoms. The standard InChI is InChI=1S/C14H20ClNO4S/c1-4-8-16(5-2)14(17)10-11-9-12(21(15,18)19)6-7-13(11)20-3/h6-7,9H,4-5,8,10H2,1-3H3. The van der Waals surface area contributed by atoms with E-state index in [4.69, 9.17) is 15.4 Å². The van der Waals surface area contributed by atoms with E-state index in [0.29, 0.717) is 24.4 Å². The van der Waals surface area contributed by atoms with Crippen LogP contribution in [-0.2, 0) is 20.3 Å². The first-order chi connectivity index (χ1) is 9.83. The van der Waals surface area contributed by atoms with E-state index in [1.165, 1.54) is 25.3 Å². The quantitative estimate of drug-likeness (QED) is 0.719. The number of hydrogen-bond donors (Lipinski definition) is 0. The molecule has 0 radical (unpaired) electrons. The van der Waals surface area contributed by atoms with Crippen LogP contribution in [0.2, 0.25) is 0 Å². The van der Waals surface area contributed by atoms with Gasteiger partial charge in [0.05, 0.1) is 18.4 Å². The van der Waals surface area contributed by atoms with E-state index in [9.17, 15) is 13.2 Å². The van der Waals surface area contributed by atoms with E-state index in [0.717, 1.165) is 6.42 Å². The first-order valence-electron chi connectivity index (χ1n) is 6.72. The Morgan fingerprint density at radius 2 is 2.00 bits per heavy atom. The van der Waals surface area contributed by atoms with Crippen molar-refractivity contribution in [2.45, 2.75) is 31.6 Å². The van der Waals surface area contributed by atoms with Gasteiger partial charge in [0.25, 0.3) is 9.05 Å². The SMILES string of the molecule is CCCN(CC)C(=O)Cc1cc(S(=O)(=O)Cl)ccc1OC. The Balaban J connectivity index is 3.08. The van der Waals surface area contributed by atoms with Crippen LogP contribution in [-0.4, -0.2) is 39.4 Å². The van der Waals surface area contributed by atoms with Gasteiger partial charge in [0.15, 0.2) is 0 Å². The highest BCUT2D eigenvalue weighted by molar-refractivity contribution is 8.13. The fraction of sp³-hybridized carbons (Fsp3) is 0.500. The molecule has 0 aliphatic heterocycles. The Morgan fingerprint density at radius 1 is 1.33 bits per heavy atom. The van der Waals surface area contributed by atoms with Crippen molar-refractivity contribution in [2.24, 2.45) is 0 Å². The first kappa shape index (κ1) is 17.8. The second-order valence-electron chi connectivity index (χ2n) is 4.56. The van der Waals surface area contributed by atoms with Crippen LogP contribution >= 0.6 is 10.7 Å². The van der Waals surface area contributed by atoms with Crippen molar-refractivity contribution in [3.05, 3.63) is 23.8 Å². The number of methoxy groups -OCH3 is 1. The lowest BCUT2D eigenvalue weighted by Gasteiger charge is -2.20. The number of nitrogens with zero attached hydrogens (tertiary/aromatic N) is 1. The lowest BCUT2D eigenvalue weighted by Crippen LogP contribution is -2.32. The molecule has 0 bridgehead atoms. The minimum Gasteiger partial charge on any atom is -0.496 e. The smallest absolute Gasteiger partial charge is 0.261 e. The largest absolute Gasteiger partial charge is 0.496 e. The summed E-state index contributed by atoms with van der Waals surface area (Å²) >= 11 is 0. The van der Waals surface area contributed by atoms with Crippen LogP contribution in [0.3, 0.4) is 0 Å². The third-order valence-electron chi connectivity index (χ3n) is 3.10. The molecular formula is C14H20ClNO4S. The van der Waals surface area contributed by atoms with Crippen molar-refractivity contribution >= 4 is 25.6 Å². The predicted molar refractivity (Wildman–Crippen MR) is 82.3 cm³/mol. The molecule has 0 spiro atoms. The van der Waals surface area contributed by atoms with Gasteiger partial charge in [0.2, 0.25) is 5.91 Å². The molecule has 0 saturated carbocycles. The second kappa shape index (κ2) is 7.66. The van der Waals surface area contributed by atoms with Gasteiger partial charge in [-0.05, 0) is 31.5 Å². The molecule has 118 valence electrons. The number of likely N-dealkylation sites (N-methyl/N-ethyl adjacent to an activating group) is 1. The van der Waals surface area contributed by atoms with E-state index in [1.807, 2.05) is 13.8 Å². The summed E-state index contributed by atoms with van der Waals surface area (Å²) in [5.74, 6) is 0.404. The van der Waals surface area contributed by atoms with E-state index in [1.54, 1.807) is 4.90 Å². The molecule has 0 fully saturated rings. The van der Waals surface area contributed by atoms with E-state index >= 15 is 0 Å². The van der Waals surface area contributed by atoms with Gasteiger partial charge in [-0.3, -0.25) is 4.79 Å². The van der Waals surface area contributed by atoms with Crippen molar-refractivity contribution < 1.29 is 17.9 Å². The van der Waals surface area contributed by atoms with Gasteiger partial charge < -0.3 is 9.64 Å². The number of hydrogen-bond acceptors (Lipinski definition) is 4. The van der Waals surface area contributed by atoms with Crippen molar-refractivity contribution in [2.75, 3.05) is 20.2 Å². The minimum atomic E-state index is -3.83. The highest BCUT2D eigenvalue weighted by atomic mass is 35.7. The fourth-order valence-electron chi connectivity index (χ4n) is 2.05. The summed E-state index contributed by atoms with van der Waals surface area (Å²) in [6.07, 6.45) is 0.948. The lowest BCUT2D eigenvalue weighted by atomic mass is 10.1. The Hall–Kier alpha value is -1.27. The zero-order valence-corrected chi connectivity index (χ0v) is 14.0. The summed E-state index contributed by atoms with van der Waals surface area (Å²) in [6.45, 7) is 5.19. The number of benzene rings is 1. The maximum absolute atomic E-state index is 12.3. The van der Waals surface area contributed by atoms with Gasteiger partial charge in [0.1, 0.15) is 5.75 Å². The van der Waals surface area contributed by atoms with Crippen LogP contribution in [0.4, 0.5) is 0 Å². The highest BCUT2D eigenvalue weighted by Gasteiger charge is 2.18. The van der Waals surface area contributed by atoms with E-state index in [-0.39, 0.29) is 17.2 Å². The van der Waals surface area contributed by atoms with Gasteiger partial charge >= 0.3 is 0 Å². The Morgan fingerprint density at radius 3 is 2.48 bits per heavy atom. The summed E-state index contributed by atoms with van der Waals surface area (Å²) < 4.78 is 28.0. The van der Waals surface area contributed by atoms with Crippen LogP contribution in [0.25, 0.3) is 0 Å². The molecule has 0 aromatic heterocycles.